The third-order valence-corrected chi connectivity index (χ3v) is 3.91. The Morgan fingerprint density at radius 1 is 1.50 bits per heavy atom. The molecular formula is C13H20N6O. The molecule has 2 atom stereocenters. The Balaban J connectivity index is 1.62. The third kappa shape index (κ3) is 2.87. The van der Waals surface area contributed by atoms with E-state index in [9.17, 15) is 0 Å². The van der Waals surface area contributed by atoms with Gasteiger partial charge in [0.05, 0.1) is 6.04 Å². The van der Waals surface area contributed by atoms with Crippen LogP contribution in [0.3, 0.4) is 0 Å². The zero-order valence-electron chi connectivity index (χ0n) is 11.9. The summed E-state index contributed by atoms with van der Waals surface area (Å²) >= 11 is 0. The maximum absolute atomic E-state index is 5.29. The molecule has 20 heavy (non-hydrogen) atoms. The molecule has 0 N–H and O–H groups in total. The lowest BCUT2D eigenvalue weighted by atomic mass is 9.97. The molecule has 0 aromatic carbocycles. The van der Waals surface area contributed by atoms with Crippen LogP contribution in [-0.2, 0) is 6.54 Å². The second-order valence-corrected chi connectivity index (χ2v) is 5.48. The number of aromatic nitrogens is 5. The Labute approximate surface area is 118 Å². The number of hydrogen-bond donors (Lipinski definition) is 0. The van der Waals surface area contributed by atoms with Gasteiger partial charge in [-0.1, -0.05) is 5.16 Å². The Morgan fingerprint density at radius 2 is 2.40 bits per heavy atom. The molecular weight excluding hydrogens is 256 g/mol. The van der Waals surface area contributed by atoms with Crippen molar-refractivity contribution in [2.45, 2.75) is 39.3 Å². The first kappa shape index (κ1) is 13.2. The van der Waals surface area contributed by atoms with Crippen LogP contribution in [0.4, 0.5) is 0 Å². The SMILES string of the molecule is Cc1noc([C@H](C)N2CCC[C@@H](Cn3cncn3)C2)n1. The van der Waals surface area contributed by atoms with Gasteiger partial charge in [-0.25, -0.2) is 4.98 Å². The molecule has 7 heteroatoms. The fourth-order valence-corrected chi connectivity index (χ4v) is 2.83. The van der Waals surface area contributed by atoms with Gasteiger partial charge in [0.15, 0.2) is 5.82 Å². The van der Waals surface area contributed by atoms with Crippen LogP contribution < -0.4 is 0 Å². The van der Waals surface area contributed by atoms with Crippen molar-refractivity contribution in [1.29, 1.82) is 0 Å². The van der Waals surface area contributed by atoms with E-state index in [0.29, 0.717) is 17.6 Å². The first-order valence-corrected chi connectivity index (χ1v) is 7.09. The van der Waals surface area contributed by atoms with Gasteiger partial charge < -0.3 is 4.52 Å². The molecule has 3 heterocycles. The summed E-state index contributed by atoms with van der Waals surface area (Å²) in [5, 5.41) is 8.07. The van der Waals surface area contributed by atoms with Crippen molar-refractivity contribution in [2.24, 2.45) is 5.92 Å². The number of rotatable bonds is 4. The number of nitrogens with zero attached hydrogens (tertiary/aromatic N) is 6. The van der Waals surface area contributed by atoms with Gasteiger partial charge in [0.25, 0.3) is 0 Å². The van der Waals surface area contributed by atoms with E-state index in [0.717, 1.165) is 19.6 Å². The van der Waals surface area contributed by atoms with E-state index in [2.05, 4.69) is 32.0 Å². The van der Waals surface area contributed by atoms with Crippen LogP contribution >= 0.6 is 0 Å². The van der Waals surface area contributed by atoms with Gasteiger partial charge in [-0.3, -0.25) is 9.58 Å². The maximum Gasteiger partial charge on any atom is 0.243 e. The van der Waals surface area contributed by atoms with Crippen molar-refractivity contribution < 1.29 is 4.52 Å². The predicted molar refractivity (Wildman–Crippen MR) is 71.8 cm³/mol. The van der Waals surface area contributed by atoms with Crippen molar-refractivity contribution in [3.8, 4) is 0 Å². The summed E-state index contributed by atoms with van der Waals surface area (Å²) in [4.78, 5) is 10.8. The molecule has 0 spiro atoms. The number of aryl methyl sites for hydroxylation is 1. The average molecular weight is 276 g/mol. The summed E-state index contributed by atoms with van der Waals surface area (Å²) in [6.07, 6.45) is 5.79. The molecule has 3 rings (SSSR count). The molecule has 108 valence electrons. The van der Waals surface area contributed by atoms with Gasteiger partial charge in [0, 0.05) is 13.1 Å². The van der Waals surface area contributed by atoms with E-state index in [1.807, 2.05) is 11.6 Å². The van der Waals surface area contributed by atoms with Crippen LogP contribution in [0.2, 0.25) is 0 Å². The van der Waals surface area contributed by atoms with Gasteiger partial charge in [0.2, 0.25) is 5.89 Å². The van der Waals surface area contributed by atoms with E-state index in [-0.39, 0.29) is 6.04 Å². The van der Waals surface area contributed by atoms with E-state index in [4.69, 9.17) is 4.52 Å². The highest BCUT2D eigenvalue weighted by Gasteiger charge is 2.27. The molecule has 1 fully saturated rings. The minimum Gasteiger partial charge on any atom is -0.338 e. The zero-order chi connectivity index (χ0) is 13.9. The van der Waals surface area contributed by atoms with Crippen LogP contribution in [0, 0.1) is 12.8 Å². The molecule has 0 aliphatic carbocycles. The highest BCUT2D eigenvalue weighted by Crippen LogP contribution is 2.26. The van der Waals surface area contributed by atoms with Crippen LogP contribution in [-0.4, -0.2) is 42.9 Å². The molecule has 0 bridgehead atoms. The number of hydrogen-bond acceptors (Lipinski definition) is 6. The lowest BCUT2D eigenvalue weighted by Crippen LogP contribution is -2.38. The number of likely N-dealkylation sites (tertiary alicyclic amines) is 1. The van der Waals surface area contributed by atoms with Crippen molar-refractivity contribution in [2.75, 3.05) is 13.1 Å². The highest BCUT2D eigenvalue weighted by atomic mass is 16.5. The summed E-state index contributed by atoms with van der Waals surface area (Å²) in [5.74, 6) is 2.00. The molecule has 0 unspecified atom stereocenters. The molecule has 2 aromatic rings. The fraction of sp³-hybridized carbons (Fsp3) is 0.692. The van der Waals surface area contributed by atoms with E-state index in [1.165, 1.54) is 12.8 Å². The highest BCUT2D eigenvalue weighted by molar-refractivity contribution is 4.92. The first-order chi connectivity index (χ1) is 9.72. The standard InChI is InChI=1S/C13H20N6O/c1-10(13-16-11(2)17-20-13)18-5-3-4-12(6-18)7-19-9-14-8-15-19/h8-10,12H,3-7H2,1-2H3/t10-,12+/m0/s1. The topological polar surface area (TPSA) is 72.9 Å². The molecule has 1 saturated heterocycles. The van der Waals surface area contributed by atoms with Gasteiger partial charge in [-0.15, -0.1) is 0 Å². The summed E-state index contributed by atoms with van der Waals surface area (Å²) in [7, 11) is 0. The van der Waals surface area contributed by atoms with Crippen LogP contribution in [0.1, 0.15) is 37.5 Å². The monoisotopic (exact) mass is 276 g/mol. The van der Waals surface area contributed by atoms with E-state index >= 15 is 0 Å². The quantitative estimate of drug-likeness (QED) is 0.841. The summed E-state index contributed by atoms with van der Waals surface area (Å²) in [6.45, 7) is 7.01. The van der Waals surface area contributed by atoms with Gasteiger partial charge in [0.1, 0.15) is 12.7 Å². The van der Waals surface area contributed by atoms with Gasteiger partial charge in [-0.2, -0.15) is 10.1 Å². The van der Waals surface area contributed by atoms with Crippen molar-refractivity contribution in [1.82, 2.24) is 29.8 Å². The Kier molecular flexibility index (Phi) is 3.77. The van der Waals surface area contributed by atoms with Crippen molar-refractivity contribution in [3.05, 3.63) is 24.4 Å². The molecule has 1 aliphatic heterocycles. The molecule has 1 aliphatic rings. The van der Waals surface area contributed by atoms with Crippen molar-refractivity contribution in [3.63, 3.8) is 0 Å². The van der Waals surface area contributed by atoms with Gasteiger partial charge in [-0.05, 0) is 39.2 Å². The normalized spacial score (nSPS) is 22.0. The maximum atomic E-state index is 5.29. The van der Waals surface area contributed by atoms with Crippen LogP contribution in [0.25, 0.3) is 0 Å². The largest absolute Gasteiger partial charge is 0.338 e. The fourth-order valence-electron chi connectivity index (χ4n) is 2.83. The second-order valence-electron chi connectivity index (χ2n) is 5.48. The summed E-state index contributed by atoms with van der Waals surface area (Å²) in [5.41, 5.74) is 0. The smallest absolute Gasteiger partial charge is 0.243 e. The first-order valence-electron chi connectivity index (χ1n) is 7.09. The average Bonchev–Trinajstić information content (AvgIpc) is 3.10. The summed E-state index contributed by atoms with van der Waals surface area (Å²) < 4.78 is 7.20. The predicted octanol–water partition coefficient (Wildman–Crippen LogP) is 1.44. The lowest BCUT2D eigenvalue weighted by molar-refractivity contribution is 0.102. The van der Waals surface area contributed by atoms with E-state index in [1.54, 1.807) is 12.7 Å². The second kappa shape index (κ2) is 5.70. The molecule has 0 amide bonds. The van der Waals surface area contributed by atoms with Crippen LogP contribution in [0.5, 0.6) is 0 Å². The lowest BCUT2D eigenvalue weighted by Gasteiger charge is -2.35. The Morgan fingerprint density at radius 3 is 3.10 bits per heavy atom. The minimum absolute atomic E-state index is 0.176. The van der Waals surface area contributed by atoms with Gasteiger partial charge >= 0.3 is 0 Å². The van der Waals surface area contributed by atoms with Crippen LogP contribution in [0.15, 0.2) is 17.2 Å². The zero-order valence-corrected chi connectivity index (χ0v) is 11.9. The molecule has 0 saturated carbocycles. The third-order valence-electron chi connectivity index (χ3n) is 3.91. The summed E-state index contributed by atoms with van der Waals surface area (Å²) in [6, 6.07) is 0.176. The minimum atomic E-state index is 0.176. The Bertz CT molecular complexity index is 537. The molecule has 7 nitrogen and oxygen atoms in total. The molecule has 0 radical (unpaired) electrons. The molecule has 2 aromatic heterocycles. The number of piperidine rings is 1. The van der Waals surface area contributed by atoms with Crippen molar-refractivity contribution >= 4 is 0 Å². The Hall–Kier alpha value is -1.76. The van der Waals surface area contributed by atoms with E-state index < -0.39 is 0 Å².